The molecule has 9 rings (SSSR count). The van der Waals surface area contributed by atoms with Gasteiger partial charge in [-0.15, -0.1) is 0 Å². The molecule has 0 aliphatic carbocycles. The van der Waals surface area contributed by atoms with Gasteiger partial charge in [0.15, 0.2) is 0 Å². The van der Waals surface area contributed by atoms with Gasteiger partial charge in [0.1, 0.15) is 0 Å². The summed E-state index contributed by atoms with van der Waals surface area (Å²) in [5.74, 6) is 0. The monoisotopic (exact) mass is 374 g/mol. The van der Waals surface area contributed by atoms with E-state index in [4.69, 9.17) is 0 Å². The Morgan fingerprint density at radius 2 is 0.600 bits per heavy atom. The Morgan fingerprint density at radius 3 is 1.10 bits per heavy atom. The zero-order valence-corrected chi connectivity index (χ0v) is 16.1. The van der Waals surface area contributed by atoms with E-state index in [0.717, 1.165) is 0 Å². The minimum absolute atomic E-state index is 1.35. The summed E-state index contributed by atoms with van der Waals surface area (Å²) in [6.45, 7) is 0. The molecule has 0 nitrogen and oxygen atoms in total. The average Bonchev–Trinajstić information content (AvgIpc) is 3.47. The molecule has 0 fully saturated rings. The van der Waals surface area contributed by atoms with Crippen LogP contribution in [0.15, 0.2) is 84.9 Å². The quantitative estimate of drug-likeness (QED) is 0.184. The SMILES string of the molecule is c1cc2c(c1)c1c3cccc3c3ccc4ccc5ccc6ccc2c2c6c5c4c3c12. The van der Waals surface area contributed by atoms with Crippen molar-refractivity contribution in [3.63, 3.8) is 0 Å². The third-order valence-corrected chi connectivity index (χ3v) is 7.65. The molecule has 0 atom stereocenters. The molecule has 0 unspecified atom stereocenters. The summed E-state index contributed by atoms with van der Waals surface area (Å²) in [4.78, 5) is 0. The fourth-order valence-corrected chi connectivity index (χ4v) is 6.55. The van der Waals surface area contributed by atoms with Gasteiger partial charge in [-0.05, 0) is 86.2 Å². The molecule has 0 amide bonds. The Morgan fingerprint density at radius 1 is 0.233 bits per heavy atom. The van der Waals surface area contributed by atoms with Crippen LogP contribution in [0.1, 0.15) is 0 Å². The number of rotatable bonds is 0. The predicted octanol–water partition coefficient (Wildman–Crippen LogP) is 8.66. The van der Waals surface area contributed by atoms with Crippen molar-refractivity contribution in [1.29, 1.82) is 0 Å². The van der Waals surface area contributed by atoms with Crippen LogP contribution in [0.2, 0.25) is 0 Å². The van der Waals surface area contributed by atoms with Crippen LogP contribution >= 0.6 is 0 Å². The standard InChI is InChI=1S/C30H14/c1-3-18-20(5-1)27-21-6-2-4-19(21)23-14-12-17-10-8-15-7-9-16-11-13-22(18)28-25(16)24(15)26(17)29(23)30(27)28/h1-14H. The van der Waals surface area contributed by atoms with Gasteiger partial charge >= 0.3 is 0 Å². The lowest BCUT2D eigenvalue weighted by atomic mass is 9.80. The lowest BCUT2D eigenvalue weighted by Gasteiger charge is -2.22. The van der Waals surface area contributed by atoms with E-state index in [2.05, 4.69) is 84.9 Å². The highest BCUT2D eigenvalue weighted by Crippen LogP contribution is 2.52. The molecule has 9 aromatic rings. The highest BCUT2D eigenvalue weighted by Gasteiger charge is 2.24. The molecular formula is C30H14. The largest absolute Gasteiger partial charge is 0.0610 e. The average molecular weight is 374 g/mol. The summed E-state index contributed by atoms with van der Waals surface area (Å²) in [5.41, 5.74) is 0. The number of hydrogen-bond donors (Lipinski definition) is 0. The Labute approximate surface area is 171 Å². The smallest absolute Gasteiger partial charge is 0.0000937 e. The number of fused-ring (bicyclic) bond motifs is 6. The second-order valence-electron chi connectivity index (χ2n) is 8.86. The number of benzene rings is 7. The summed E-state index contributed by atoms with van der Waals surface area (Å²) in [7, 11) is 0. The van der Waals surface area contributed by atoms with Crippen molar-refractivity contribution in [3.8, 4) is 0 Å². The summed E-state index contributed by atoms with van der Waals surface area (Å²) < 4.78 is 0. The van der Waals surface area contributed by atoms with E-state index in [1.165, 1.54) is 86.2 Å². The van der Waals surface area contributed by atoms with Gasteiger partial charge in [-0.25, -0.2) is 0 Å². The molecule has 0 heterocycles. The van der Waals surface area contributed by atoms with Crippen LogP contribution < -0.4 is 0 Å². The van der Waals surface area contributed by atoms with Gasteiger partial charge < -0.3 is 0 Å². The minimum Gasteiger partial charge on any atom is -0.0610 e. The highest BCUT2D eigenvalue weighted by molar-refractivity contribution is 6.51. The number of hydrogen-bond acceptors (Lipinski definition) is 0. The molecule has 30 heavy (non-hydrogen) atoms. The third kappa shape index (κ3) is 1.28. The lowest BCUT2D eigenvalue weighted by Crippen LogP contribution is -1.93. The zero-order chi connectivity index (χ0) is 19.1. The maximum Gasteiger partial charge on any atom is -0.0000937 e. The molecule has 0 aliphatic heterocycles. The molecule has 0 spiro atoms. The molecule has 134 valence electrons. The zero-order valence-electron chi connectivity index (χ0n) is 16.1. The van der Waals surface area contributed by atoms with E-state index in [1.54, 1.807) is 0 Å². The summed E-state index contributed by atoms with van der Waals surface area (Å²) in [6.07, 6.45) is 0. The summed E-state index contributed by atoms with van der Waals surface area (Å²) >= 11 is 0. The molecule has 9 aromatic carbocycles. The first-order valence-electron chi connectivity index (χ1n) is 10.6. The van der Waals surface area contributed by atoms with Crippen molar-refractivity contribution in [2.24, 2.45) is 0 Å². The van der Waals surface area contributed by atoms with E-state index in [1.807, 2.05) is 0 Å². The van der Waals surface area contributed by atoms with Gasteiger partial charge in [-0.1, -0.05) is 84.9 Å². The van der Waals surface area contributed by atoms with Crippen molar-refractivity contribution in [2.45, 2.75) is 0 Å². The first kappa shape index (κ1) is 14.1. The van der Waals surface area contributed by atoms with Crippen LogP contribution in [0.25, 0.3) is 86.2 Å². The van der Waals surface area contributed by atoms with E-state index in [9.17, 15) is 0 Å². The van der Waals surface area contributed by atoms with E-state index < -0.39 is 0 Å². The lowest BCUT2D eigenvalue weighted by molar-refractivity contribution is 1.84. The van der Waals surface area contributed by atoms with Crippen molar-refractivity contribution in [2.75, 3.05) is 0 Å². The van der Waals surface area contributed by atoms with Gasteiger partial charge in [0.2, 0.25) is 0 Å². The van der Waals surface area contributed by atoms with E-state index in [0.29, 0.717) is 0 Å². The van der Waals surface area contributed by atoms with Gasteiger partial charge in [0, 0.05) is 0 Å². The second kappa shape index (κ2) is 4.32. The van der Waals surface area contributed by atoms with Crippen molar-refractivity contribution in [1.82, 2.24) is 0 Å². The Balaban J connectivity index is 1.91. The van der Waals surface area contributed by atoms with Crippen LogP contribution in [-0.4, -0.2) is 0 Å². The molecule has 0 aromatic heterocycles. The van der Waals surface area contributed by atoms with Gasteiger partial charge in [0.05, 0.1) is 0 Å². The molecule has 0 bridgehead atoms. The maximum absolute atomic E-state index is 2.35. The van der Waals surface area contributed by atoms with Crippen LogP contribution in [0.3, 0.4) is 0 Å². The first-order valence-corrected chi connectivity index (χ1v) is 10.6. The minimum atomic E-state index is 1.35. The topological polar surface area (TPSA) is 0 Å². The summed E-state index contributed by atoms with van der Waals surface area (Å²) in [5, 5.41) is 22.5. The van der Waals surface area contributed by atoms with Crippen molar-refractivity contribution >= 4 is 86.2 Å². The van der Waals surface area contributed by atoms with Gasteiger partial charge in [-0.3, -0.25) is 0 Å². The van der Waals surface area contributed by atoms with Crippen molar-refractivity contribution < 1.29 is 0 Å². The van der Waals surface area contributed by atoms with Crippen molar-refractivity contribution in [3.05, 3.63) is 84.9 Å². The van der Waals surface area contributed by atoms with Crippen LogP contribution in [-0.2, 0) is 0 Å². The molecule has 0 aliphatic rings. The fourth-order valence-electron chi connectivity index (χ4n) is 6.55. The molecule has 0 saturated heterocycles. The van der Waals surface area contributed by atoms with Gasteiger partial charge in [-0.2, -0.15) is 0 Å². The highest BCUT2D eigenvalue weighted by atomic mass is 14.3. The van der Waals surface area contributed by atoms with Crippen LogP contribution in [0, 0.1) is 0 Å². The van der Waals surface area contributed by atoms with E-state index in [-0.39, 0.29) is 0 Å². The fraction of sp³-hybridized carbons (Fsp3) is 0. The Hall–Kier alpha value is -3.90. The second-order valence-corrected chi connectivity index (χ2v) is 8.86. The predicted molar refractivity (Wildman–Crippen MR) is 131 cm³/mol. The third-order valence-electron chi connectivity index (χ3n) is 7.65. The Kier molecular flexibility index (Phi) is 2.04. The molecule has 0 radical (unpaired) electrons. The van der Waals surface area contributed by atoms with Crippen LogP contribution in [0.5, 0.6) is 0 Å². The first-order chi connectivity index (χ1) is 14.9. The normalized spacial score (nSPS) is 13.3. The molecule has 0 heteroatoms. The molecule has 0 saturated carbocycles. The van der Waals surface area contributed by atoms with E-state index >= 15 is 0 Å². The molecular weight excluding hydrogens is 360 g/mol. The maximum atomic E-state index is 2.35. The van der Waals surface area contributed by atoms with Gasteiger partial charge in [0.25, 0.3) is 0 Å². The summed E-state index contributed by atoms with van der Waals surface area (Å²) in [6, 6.07) is 32.2. The van der Waals surface area contributed by atoms with Crippen LogP contribution in [0.4, 0.5) is 0 Å². The molecule has 0 N–H and O–H groups in total. The Bertz CT molecular complexity index is 1950.